The van der Waals surface area contributed by atoms with E-state index in [9.17, 15) is 4.79 Å². The number of hydrogen-bond donors (Lipinski definition) is 2. The molecule has 0 unspecified atom stereocenters. The zero-order valence-corrected chi connectivity index (χ0v) is 12.6. The first-order valence-corrected chi connectivity index (χ1v) is 6.59. The van der Waals surface area contributed by atoms with Crippen LogP contribution in [0.1, 0.15) is 67.7 Å². The Hall–Kier alpha value is -0.570. The monoisotopic (exact) mass is 245 g/mol. The molecule has 0 aliphatic rings. The average molecular weight is 245 g/mol. The lowest BCUT2D eigenvalue weighted by Crippen LogP contribution is -2.37. The third kappa shape index (κ3) is 6.67. The van der Waals surface area contributed by atoms with Crippen molar-refractivity contribution in [2.45, 2.75) is 73.3 Å². The summed E-state index contributed by atoms with van der Waals surface area (Å²) < 4.78 is 0. The molecule has 17 heavy (non-hydrogen) atoms. The van der Waals surface area contributed by atoms with E-state index >= 15 is 0 Å². The fraction of sp³-hybridized carbons (Fsp3) is 0.929. The molecule has 0 amide bonds. The summed E-state index contributed by atoms with van der Waals surface area (Å²) in [5.74, 6) is -0.0764. The second-order valence-electron chi connectivity index (χ2n) is 5.62. The molecule has 3 nitrogen and oxygen atoms in total. The number of carboxylic acid groups (broad SMARTS) is 1. The Morgan fingerprint density at radius 2 is 1.35 bits per heavy atom. The van der Waals surface area contributed by atoms with Gasteiger partial charge in [0, 0.05) is 5.54 Å². The van der Waals surface area contributed by atoms with Crippen LogP contribution in [0.5, 0.6) is 0 Å². The Labute approximate surface area is 107 Å². The maximum atomic E-state index is 10.7. The zero-order chi connectivity index (χ0) is 14.3. The molecule has 3 N–H and O–H groups in total. The fourth-order valence-corrected chi connectivity index (χ4v) is 1.20. The summed E-state index contributed by atoms with van der Waals surface area (Å²) in [7, 11) is 0. The van der Waals surface area contributed by atoms with Gasteiger partial charge in [0.2, 0.25) is 0 Å². The van der Waals surface area contributed by atoms with Crippen molar-refractivity contribution >= 4 is 5.97 Å². The lowest BCUT2D eigenvalue weighted by Gasteiger charge is -2.24. The van der Waals surface area contributed by atoms with Crippen LogP contribution in [0.3, 0.4) is 0 Å². The number of carbonyl (C=O) groups is 1. The van der Waals surface area contributed by atoms with Gasteiger partial charge in [0.25, 0.3) is 0 Å². The van der Waals surface area contributed by atoms with E-state index in [2.05, 4.69) is 13.8 Å². The Morgan fingerprint density at radius 1 is 1.12 bits per heavy atom. The first kappa shape index (κ1) is 18.8. The lowest BCUT2D eigenvalue weighted by molar-refractivity contribution is -0.149. The van der Waals surface area contributed by atoms with Gasteiger partial charge in [-0.25, -0.2) is 0 Å². The van der Waals surface area contributed by atoms with Gasteiger partial charge in [0.05, 0.1) is 5.41 Å². The van der Waals surface area contributed by atoms with E-state index in [0.29, 0.717) is 5.92 Å². The van der Waals surface area contributed by atoms with Crippen molar-refractivity contribution in [3.63, 3.8) is 0 Å². The summed E-state index contributed by atoms with van der Waals surface area (Å²) in [4.78, 5) is 10.7. The minimum atomic E-state index is -0.653. The summed E-state index contributed by atoms with van der Waals surface area (Å²) in [6.45, 7) is 14.1. The molecule has 0 aliphatic heterocycles. The van der Waals surface area contributed by atoms with E-state index in [0.717, 1.165) is 19.3 Å². The third-order valence-electron chi connectivity index (χ3n) is 3.97. The highest BCUT2D eigenvalue weighted by Crippen LogP contribution is 2.30. The van der Waals surface area contributed by atoms with Crippen molar-refractivity contribution in [3.05, 3.63) is 0 Å². The molecule has 0 aromatic heterocycles. The van der Waals surface area contributed by atoms with Gasteiger partial charge in [-0.15, -0.1) is 0 Å². The molecule has 0 saturated heterocycles. The number of rotatable bonds is 5. The quantitative estimate of drug-likeness (QED) is 0.777. The molecule has 0 aromatic carbocycles. The van der Waals surface area contributed by atoms with Crippen LogP contribution in [0.25, 0.3) is 0 Å². The molecular weight excluding hydrogens is 214 g/mol. The van der Waals surface area contributed by atoms with E-state index in [1.54, 1.807) is 0 Å². The van der Waals surface area contributed by atoms with Crippen molar-refractivity contribution in [1.29, 1.82) is 0 Å². The molecule has 0 aromatic rings. The maximum Gasteiger partial charge on any atom is 0.309 e. The molecule has 0 aliphatic carbocycles. The van der Waals surface area contributed by atoms with Crippen LogP contribution in [0.2, 0.25) is 0 Å². The van der Waals surface area contributed by atoms with Crippen LogP contribution in [-0.4, -0.2) is 16.6 Å². The summed E-state index contributed by atoms with van der Waals surface area (Å²) in [5, 5.41) is 8.82. The van der Waals surface area contributed by atoms with Gasteiger partial charge in [-0.1, -0.05) is 34.6 Å². The zero-order valence-electron chi connectivity index (χ0n) is 12.6. The SMILES string of the molecule is CC(C)C(C)(C)N.CCC(CC)(CC)C(=O)O. The third-order valence-corrected chi connectivity index (χ3v) is 3.97. The van der Waals surface area contributed by atoms with Crippen molar-refractivity contribution in [2.24, 2.45) is 17.1 Å². The molecule has 104 valence electrons. The predicted octanol–water partition coefficient (Wildman–Crippen LogP) is 3.67. The summed E-state index contributed by atoms with van der Waals surface area (Å²) in [5.41, 5.74) is 5.22. The topological polar surface area (TPSA) is 63.3 Å². The van der Waals surface area contributed by atoms with Gasteiger partial charge in [0.15, 0.2) is 0 Å². The van der Waals surface area contributed by atoms with Gasteiger partial charge in [-0.2, -0.15) is 0 Å². The molecule has 3 heteroatoms. The van der Waals surface area contributed by atoms with E-state index in [4.69, 9.17) is 10.8 Å². The molecular formula is C14H31NO2. The second kappa shape index (κ2) is 7.70. The summed E-state index contributed by atoms with van der Waals surface area (Å²) >= 11 is 0. The Morgan fingerprint density at radius 3 is 1.35 bits per heavy atom. The molecule has 0 spiro atoms. The normalized spacial score (nSPS) is 12.1. The highest BCUT2D eigenvalue weighted by atomic mass is 16.4. The first-order valence-electron chi connectivity index (χ1n) is 6.59. The van der Waals surface area contributed by atoms with E-state index in [1.807, 2.05) is 34.6 Å². The Bertz CT molecular complexity index is 204. The molecule has 0 atom stereocenters. The first-order chi connectivity index (χ1) is 7.57. The van der Waals surface area contributed by atoms with Crippen LogP contribution >= 0.6 is 0 Å². The molecule has 0 heterocycles. The van der Waals surface area contributed by atoms with Gasteiger partial charge < -0.3 is 10.8 Å². The van der Waals surface area contributed by atoms with Crippen LogP contribution in [-0.2, 0) is 4.79 Å². The van der Waals surface area contributed by atoms with Gasteiger partial charge in [-0.3, -0.25) is 4.79 Å². The van der Waals surface area contributed by atoms with Crippen LogP contribution < -0.4 is 5.73 Å². The fourth-order valence-electron chi connectivity index (χ4n) is 1.20. The van der Waals surface area contributed by atoms with E-state index in [1.165, 1.54) is 0 Å². The van der Waals surface area contributed by atoms with Crippen molar-refractivity contribution in [1.82, 2.24) is 0 Å². The number of nitrogens with two attached hydrogens (primary N) is 1. The Kier molecular flexibility index (Phi) is 8.51. The number of carboxylic acids is 1. The minimum Gasteiger partial charge on any atom is -0.481 e. The highest BCUT2D eigenvalue weighted by Gasteiger charge is 2.32. The number of aliphatic carboxylic acids is 1. The largest absolute Gasteiger partial charge is 0.481 e. The van der Waals surface area contributed by atoms with Crippen molar-refractivity contribution in [2.75, 3.05) is 0 Å². The smallest absolute Gasteiger partial charge is 0.309 e. The predicted molar refractivity (Wildman–Crippen MR) is 74.0 cm³/mol. The Balaban J connectivity index is 0. The van der Waals surface area contributed by atoms with Crippen molar-refractivity contribution in [3.8, 4) is 0 Å². The molecule has 0 rings (SSSR count). The molecule has 0 bridgehead atoms. The van der Waals surface area contributed by atoms with Crippen LogP contribution in [0, 0.1) is 11.3 Å². The standard InChI is InChI=1S/C8H16O2.C6H15N/c1-4-8(5-2,6-3)7(9)10;1-5(2)6(3,4)7/h4-6H2,1-3H3,(H,9,10);5H,7H2,1-4H3. The average Bonchev–Trinajstić information content (AvgIpc) is 2.20. The summed E-state index contributed by atoms with van der Waals surface area (Å²) in [6, 6.07) is 0. The number of hydrogen-bond acceptors (Lipinski definition) is 2. The molecule has 0 radical (unpaired) electrons. The van der Waals surface area contributed by atoms with E-state index in [-0.39, 0.29) is 5.54 Å². The van der Waals surface area contributed by atoms with Gasteiger partial charge in [0.1, 0.15) is 0 Å². The maximum absolute atomic E-state index is 10.7. The van der Waals surface area contributed by atoms with Crippen molar-refractivity contribution < 1.29 is 9.90 Å². The highest BCUT2D eigenvalue weighted by molar-refractivity contribution is 5.74. The van der Waals surface area contributed by atoms with Crippen LogP contribution in [0.15, 0.2) is 0 Å². The van der Waals surface area contributed by atoms with Gasteiger partial charge >= 0.3 is 5.97 Å². The molecule has 0 fully saturated rings. The lowest BCUT2D eigenvalue weighted by atomic mass is 9.80. The van der Waals surface area contributed by atoms with E-state index < -0.39 is 11.4 Å². The molecule has 0 saturated carbocycles. The summed E-state index contributed by atoms with van der Waals surface area (Å²) in [6.07, 6.45) is 2.19. The second-order valence-corrected chi connectivity index (χ2v) is 5.62. The van der Waals surface area contributed by atoms with Gasteiger partial charge in [-0.05, 0) is 39.0 Å². The van der Waals surface area contributed by atoms with Crippen LogP contribution in [0.4, 0.5) is 0 Å². The minimum absolute atomic E-state index is 0.